The number of carbonyl (C=O) groups excluding carboxylic acids is 1. The molecule has 0 saturated carbocycles. The average molecular weight is 893 g/mol. The molecule has 57 heavy (non-hydrogen) atoms. The second-order valence-electron chi connectivity index (χ2n) is 19.8. The van der Waals surface area contributed by atoms with E-state index in [0.717, 1.165) is 35.1 Å². The Morgan fingerprint density at radius 2 is 0.807 bits per heavy atom. The standard InChI is InChI=1S/C18H36O2.C14H25O3P.C14H24O3P.Zn/c1-2-3-4-5-6-7-8-9-10-11-12-13-14-15-16-17-18(19)20;2*1-13(2,3)10-7-8-12(18(15,16)17)11(9-10)14(4,5)6;/h2-17H2,1H3,(H,19,20);7-9,15-18H,1-6H3;7-9,15-16,18H,1-6H3;/q;;-1;+2/p-1. The van der Waals surface area contributed by atoms with Gasteiger partial charge in [0.05, 0.1) is 0 Å². The predicted octanol–water partition coefficient (Wildman–Crippen LogP) is 9.12. The minimum Gasteiger partial charge on any atom is -0.550 e. The predicted molar refractivity (Wildman–Crippen MR) is 239 cm³/mol. The van der Waals surface area contributed by atoms with Gasteiger partial charge < -0.3 is 9.90 Å². The molecule has 0 heterocycles. The maximum Gasteiger partial charge on any atom is 2.00 e. The fraction of sp³-hybridized carbons (Fsp3) is 0.717. The Labute approximate surface area is 362 Å². The molecule has 0 fully saturated rings. The molecule has 0 saturated heterocycles. The minimum absolute atomic E-state index is 0. The van der Waals surface area contributed by atoms with Crippen LogP contribution in [0.1, 0.15) is 215 Å². The molecule has 0 aliphatic heterocycles. The summed E-state index contributed by atoms with van der Waals surface area (Å²) in [4.78, 5) is 69.5. The Hall–Kier alpha value is -0.847. The number of carbonyl (C=O) groups is 1. The molecule has 0 aliphatic rings. The minimum atomic E-state index is -4.52. The number of carboxylic acid groups (broad SMARTS) is 1. The van der Waals surface area contributed by atoms with Crippen LogP contribution in [0.25, 0.3) is 0 Å². The Bertz CT molecular complexity index is 1320. The molecule has 0 unspecified atom stereocenters. The number of carboxylic acids is 1. The fourth-order valence-corrected chi connectivity index (χ4v) is 8.69. The van der Waals surface area contributed by atoms with E-state index in [4.69, 9.17) is 0 Å². The third-order valence-electron chi connectivity index (χ3n) is 10.1. The monoisotopic (exact) mass is 890 g/mol. The van der Waals surface area contributed by atoms with E-state index in [1.54, 1.807) is 12.1 Å². The molecule has 0 radical (unpaired) electrons. The van der Waals surface area contributed by atoms with E-state index >= 15 is 0 Å². The first kappa shape index (κ1) is 58.2. The summed E-state index contributed by atoms with van der Waals surface area (Å²) in [5.74, 6) is -0.903. The smallest absolute Gasteiger partial charge is 0.550 e. The van der Waals surface area contributed by atoms with Crippen LogP contribution >= 0.6 is 15.9 Å². The van der Waals surface area contributed by atoms with Crippen molar-refractivity contribution in [1.29, 1.82) is 0 Å². The van der Waals surface area contributed by atoms with E-state index in [1.165, 1.54) is 83.5 Å². The molecular weight excluding hydrogens is 808 g/mol. The fourth-order valence-electron chi connectivity index (χ4n) is 6.48. The Balaban J connectivity index is 0. The van der Waals surface area contributed by atoms with Gasteiger partial charge in [0.15, 0.2) is 0 Å². The molecule has 8 nitrogen and oxygen atoms in total. The van der Waals surface area contributed by atoms with Gasteiger partial charge in [0, 0.05) is 5.97 Å². The molecule has 2 rings (SSSR count). The van der Waals surface area contributed by atoms with Crippen molar-refractivity contribution in [3.63, 3.8) is 0 Å². The van der Waals surface area contributed by atoms with Crippen LogP contribution in [0.2, 0.25) is 0 Å². The van der Waals surface area contributed by atoms with Crippen LogP contribution in [0.5, 0.6) is 0 Å². The summed E-state index contributed by atoms with van der Waals surface area (Å²) in [7, 11) is -8.79. The summed E-state index contributed by atoms with van der Waals surface area (Å²) >= 11 is 0. The zero-order valence-electron chi connectivity index (χ0n) is 38.4. The van der Waals surface area contributed by atoms with E-state index in [-0.39, 0.29) is 58.2 Å². The van der Waals surface area contributed by atoms with Crippen molar-refractivity contribution < 1.29 is 58.7 Å². The molecule has 5 N–H and O–H groups in total. The van der Waals surface area contributed by atoms with Gasteiger partial charge in [0.2, 0.25) is 0 Å². The molecule has 0 atom stereocenters. The number of aliphatic carboxylic acids is 1. The van der Waals surface area contributed by atoms with Gasteiger partial charge in [-0.2, -0.15) is 0 Å². The van der Waals surface area contributed by atoms with Crippen LogP contribution in [0.3, 0.4) is 0 Å². The molecule has 0 aliphatic carbocycles. The molecule has 0 bridgehead atoms. The SMILES string of the molecule is CC(C)(C)c1ccc([PH](O)(O)O)c(C(C)(C)C)c1.CC(C)(C)c1ccc([PH]([O-])(O)O)c(C(C)(C)C)c1.CCCCCCCCCCCCCCCCCC(=O)[O-].[Zn+2]. The average Bonchev–Trinajstić information content (AvgIpc) is 3.04. The van der Waals surface area contributed by atoms with Crippen molar-refractivity contribution in [1.82, 2.24) is 0 Å². The van der Waals surface area contributed by atoms with Gasteiger partial charge in [0.1, 0.15) is 0 Å². The maximum atomic E-state index is 11.6. The van der Waals surface area contributed by atoms with Crippen molar-refractivity contribution >= 4 is 32.5 Å². The third-order valence-corrected chi connectivity index (χ3v) is 12.4. The zero-order chi connectivity index (χ0) is 43.6. The first-order valence-electron chi connectivity index (χ1n) is 21.3. The third kappa shape index (κ3) is 25.5. The molecule has 0 amide bonds. The van der Waals surface area contributed by atoms with Crippen molar-refractivity contribution in [2.45, 2.75) is 214 Å². The summed E-state index contributed by atoms with van der Waals surface area (Å²) in [5, 5.41) is 10.7. The summed E-state index contributed by atoms with van der Waals surface area (Å²) in [5.41, 5.74) is 3.17. The van der Waals surface area contributed by atoms with Crippen LogP contribution in [0.4, 0.5) is 0 Å². The van der Waals surface area contributed by atoms with E-state index in [2.05, 4.69) is 48.5 Å². The molecule has 0 aromatic heterocycles. The number of benzene rings is 2. The first-order valence-corrected chi connectivity index (χ1v) is 24.9. The molecule has 0 spiro atoms. The molecule has 11 heteroatoms. The van der Waals surface area contributed by atoms with Gasteiger partial charge in [-0.1, -0.05) is 96.8 Å². The normalized spacial score (nSPS) is 13.1. The van der Waals surface area contributed by atoms with Gasteiger partial charge in [0.25, 0.3) is 0 Å². The van der Waals surface area contributed by atoms with Crippen LogP contribution in [0.15, 0.2) is 36.4 Å². The zero-order valence-corrected chi connectivity index (χ0v) is 43.4. The first-order chi connectivity index (χ1) is 25.4. The molecule has 328 valence electrons. The number of hydrogen-bond donors (Lipinski definition) is 5. The number of rotatable bonds is 18. The van der Waals surface area contributed by atoms with Gasteiger partial charge in [-0.3, -0.25) is 0 Å². The summed E-state index contributed by atoms with van der Waals surface area (Å²) in [6, 6.07) is 10.8. The van der Waals surface area contributed by atoms with Crippen molar-refractivity contribution in [2.24, 2.45) is 0 Å². The summed E-state index contributed by atoms with van der Waals surface area (Å²) in [6.45, 7) is 26.8. The van der Waals surface area contributed by atoms with E-state index in [1.807, 2.05) is 65.8 Å². The topological polar surface area (TPSA) is 164 Å². The molecule has 2 aromatic carbocycles. The van der Waals surface area contributed by atoms with Crippen LogP contribution in [-0.4, -0.2) is 30.4 Å². The summed E-state index contributed by atoms with van der Waals surface area (Å²) in [6.07, 6.45) is 19.9. The van der Waals surface area contributed by atoms with E-state index in [0.29, 0.717) is 0 Å². The molecule has 2 aromatic rings. The molecular formula is C46H84O8P2Zn. The van der Waals surface area contributed by atoms with Crippen LogP contribution in [-0.2, 0) is 45.9 Å². The summed E-state index contributed by atoms with van der Waals surface area (Å²) < 4.78 is 0. The largest absolute Gasteiger partial charge is 2.00 e. The van der Waals surface area contributed by atoms with E-state index in [9.17, 15) is 39.3 Å². The van der Waals surface area contributed by atoms with Gasteiger partial charge in [-0.25, -0.2) is 0 Å². The Morgan fingerprint density at radius 1 is 0.509 bits per heavy atom. The van der Waals surface area contributed by atoms with E-state index < -0.39 is 21.9 Å². The maximum absolute atomic E-state index is 11.6. The number of hydrogen-bond acceptors (Lipinski definition) is 8. The Morgan fingerprint density at radius 3 is 1.07 bits per heavy atom. The second kappa shape index (κ2) is 26.5. The van der Waals surface area contributed by atoms with Crippen LogP contribution in [0, 0.1) is 0 Å². The van der Waals surface area contributed by atoms with Crippen molar-refractivity contribution in [2.75, 3.05) is 0 Å². The van der Waals surface area contributed by atoms with Gasteiger partial charge >= 0.3 is 239 Å². The van der Waals surface area contributed by atoms with Gasteiger partial charge in [-0.15, -0.1) is 0 Å². The van der Waals surface area contributed by atoms with Crippen molar-refractivity contribution in [3.05, 3.63) is 58.7 Å². The Kier molecular flexibility index (Phi) is 27.1. The van der Waals surface area contributed by atoms with Gasteiger partial charge in [-0.05, 0) is 12.8 Å². The van der Waals surface area contributed by atoms with Crippen LogP contribution < -0.4 is 20.6 Å². The quantitative estimate of drug-likeness (QED) is 0.0562. The second-order valence-corrected chi connectivity index (χ2v) is 23.4. The number of unbranched alkanes of at least 4 members (excludes halogenated alkanes) is 14. The van der Waals surface area contributed by atoms with Crippen molar-refractivity contribution in [3.8, 4) is 0 Å².